The third-order valence-electron chi connectivity index (χ3n) is 2.73. The van der Waals surface area contributed by atoms with Gasteiger partial charge in [0.2, 0.25) is 5.91 Å². The van der Waals surface area contributed by atoms with Crippen LogP contribution in [-0.4, -0.2) is 29.4 Å². The van der Waals surface area contributed by atoms with Crippen LogP contribution in [0.4, 0.5) is 0 Å². The molecule has 1 fully saturated rings. The maximum absolute atomic E-state index is 11.8. The Labute approximate surface area is 104 Å². The molecule has 6 nitrogen and oxygen atoms in total. The number of carbonyl (C=O) groups excluding carboxylic acids is 2. The van der Waals surface area contributed by atoms with Crippen LogP contribution in [0.3, 0.4) is 0 Å². The van der Waals surface area contributed by atoms with Crippen LogP contribution in [0.25, 0.3) is 0 Å². The highest BCUT2D eigenvalue weighted by atomic mass is 16.2. The average molecular weight is 244 g/mol. The molecule has 1 aliphatic rings. The van der Waals surface area contributed by atoms with Gasteiger partial charge in [0.15, 0.2) is 0 Å². The van der Waals surface area contributed by atoms with E-state index < -0.39 is 0 Å². The molecule has 1 unspecified atom stereocenters. The van der Waals surface area contributed by atoms with Crippen molar-refractivity contribution in [3.63, 3.8) is 0 Å². The first-order chi connectivity index (χ1) is 8.69. The Morgan fingerprint density at radius 1 is 1.56 bits per heavy atom. The number of aromatic nitrogens is 1. The normalized spacial score (nSPS) is 18.6. The molecule has 0 aromatic carbocycles. The third-order valence-corrected chi connectivity index (χ3v) is 2.73. The number of amides is 2. The Bertz CT molecular complexity index is 494. The monoisotopic (exact) mass is 244 g/mol. The molecular weight excluding hydrogens is 232 g/mol. The minimum Gasteiger partial charge on any atom is -0.354 e. The molecule has 0 saturated carbocycles. The second-order valence-corrected chi connectivity index (χ2v) is 4.06. The predicted molar refractivity (Wildman–Crippen MR) is 62.4 cm³/mol. The lowest BCUT2D eigenvalue weighted by Gasteiger charge is -2.23. The van der Waals surface area contributed by atoms with Crippen molar-refractivity contribution in [2.45, 2.75) is 18.9 Å². The highest BCUT2D eigenvalue weighted by Gasteiger charge is 2.20. The summed E-state index contributed by atoms with van der Waals surface area (Å²) in [6, 6.07) is 4.93. The van der Waals surface area contributed by atoms with E-state index in [0.717, 1.165) is 0 Å². The standard InChI is InChI=1S/C12H12N4O2/c13-5-8-1-3-10(14-6-8)12(18)16-9-2-4-11(17)15-7-9/h1,3,6,9H,2,4,7H2,(H,15,17)(H,16,18). The van der Waals surface area contributed by atoms with E-state index in [2.05, 4.69) is 15.6 Å². The van der Waals surface area contributed by atoms with E-state index in [4.69, 9.17) is 5.26 Å². The number of nitrogens with one attached hydrogen (secondary N) is 2. The fraction of sp³-hybridized carbons (Fsp3) is 0.333. The molecule has 2 N–H and O–H groups in total. The van der Waals surface area contributed by atoms with Crippen LogP contribution in [0.5, 0.6) is 0 Å². The van der Waals surface area contributed by atoms with Crippen molar-refractivity contribution in [2.75, 3.05) is 6.54 Å². The number of rotatable bonds is 2. The largest absolute Gasteiger partial charge is 0.354 e. The quantitative estimate of drug-likeness (QED) is 0.763. The molecule has 1 aromatic rings. The second kappa shape index (κ2) is 5.27. The highest BCUT2D eigenvalue weighted by molar-refractivity contribution is 5.92. The topological polar surface area (TPSA) is 94.9 Å². The SMILES string of the molecule is N#Cc1ccc(C(=O)NC2CCC(=O)NC2)nc1. The van der Waals surface area contributed by atoms with Gasteiger partial charge >= 0.3 is 0 Å². The molecule has 92 valence electrons. The molecule has 1 aliphatic heterocycles. The van der Waals surface area contributed by atoms with Crippen LogP contribution in [0.15, 0.2) is 18.3 Å². The lowest BCUT2D eigenvalue weighted by atomic mass is 10.1. The van der Waals surface area contributed by atoms with Gasteiger partial charge in [0.05, 0.1) is 5.56 Å². The molecule has 0 radical (unpaired) electrons. The van der Waals surface area contributed by atoms with Crippen LogP contribution in [0.2, 0.25) is 0 Å². The lowest BCUT2D eigenvalue weighted by Crippen LogP contribution is -2.47. The number of nitriles is 1. The summed E-state index contributed by atoms with van der Waals surface area (Å²) in [5.41, 5.74) is 0.683. The van der Waals surface area contributed by atoms with Gasteiger partial charge in [-0.3, -0.25) is 9.59 Å². The van der Waals surface area contributed by atoms with Crippen LogP contribution < -0.4 is 10.6 Å². The zero-order valence-corrected chi connectivity index (χ0v) is 9.64. The molecule has 1 saturated heterocycles. The molecule has 1 aromatic heterocycles. The summed E-state index contributed by atoms with van der Waals surface area (Å²) in [6.45, 7) is 0.445. The first-order valence-corrected chi connectivity index (χ1v) is 5.63. The van der Waals surface area contributed by atoms with Crippen LogP contribution in [0, 0.1) is 11.3 Å². The van der Waals surface area contributed by atoms with Crippen molar-refractivity contribution >= 4 is 11.8 Å². The number of carbonyl (C=O) groups is 2. The van der Waals surface area contributed by atoms with Gasteiger partial charge in [-0.05, 0) is 18.6 Å². The summed E-state index contributed by atoms with van der Waals surface area (Å²) in [5, 5.41) is 14.1. The van der Waals surface area contributed by atoms with Gasteiger partial charge in [0.1, 0.15) is 11.8 Å². The third kappa shape index (κ3) is 2.83. The van der Waals surface area contributed by atoms with E-state index in [1.54, 1.807) is 6.07 Å². The zero-order valence-electron chi connectivity index (χ0n) is 9.64. The fourth-order valence-corrected chi connectivity index (χ4v) is 1.71. The van der Waals surface area contributed by atoms with Gasteiger partial charge < -0.3 is 10.6 Å². The molecule has 6 heteroatoms. The van der Waals surface area contributed by atoms with Crippen LogP contribution in [0.1, 0.15) is 28.9 Å². The molecule has 2 rings (SSSR count). The number of hydrogen-bond acceptors (Lipinski definition) is 4. The van der Waals surface area contributed by atoms with E-state index >= 15 is 0 Å². The van der Waals surface area contributed by atoms with Gasteiger partial charge in [-0.2, -0.15) is 5.26 Å². The van der Waals surface area contributed by atoms with E-state index in [1.165, 1.54) is 12.3 Å². The van der Waals surface area contributed by atoms with Crippen LogP contribution >= 0.6 is 0 Å². The molecule has 0 spiro atoms. The van der Waals surface area contributed by atoms with E-state index in [-0.39, 0.29) is 23.6 Å². The Kier molecular flexibility index (Phi) is 3.53. The number of piperidine rings is 1. The second-order valence-electron chi connectivity index (χ2n) is 4.06. The van der Waals surface area contributed by atoms with E-state index in [1.807, 2.05) is 6.07 Å². The maximum Gasteiger partial charge on any atom is 0.270 e. The van der Waals surface area contributed by atoms with Crippen LogP contribution in [-0.2, 0) is 4.79 Å². The molecule has 18 heavy (non-hydrogen) atoms. The Morgan fingerprint density at radius 2 is 2.39 bits per heavy atom. The van der Waals surface area contributed by atoms with E-state index in [0.29, 0.717) is 24.9 Å². The van der Waals surface area contributed by atoms with Crippen molar-refractivity contribution in [3.05, 3.63) is 29.6 Å². The molecule has 2 amide bonds. The van der Waals surface area contributed by atoms with Crippen molar-refractivity contribution < 1.29 is 9.59 Å². The van der Waals surface area contributed by atoms with Crippen molar-refractivity contribution in [1.29, 1.82) is 5.26 Å². The average Bonchev–Trinajstić information content (AvgIpc) is 2.41. The Balaban J connectivity index is 1.95. The predicted octanol–water partition coefficient (Wildman–Crippen LogP) is -0.0383. The van der Waals surface area contributed by atoms with Crippen molar-refractivity contribution in [3.8, 4) is 6.07 Å². The Morgan fingerprint density at radius 3 is 2.94 bits per heavy atom. The van der Waals surface area contributed by atoms with Crippen molar-refractivity contribution in [2.24, 2.45) is 0 Å². The molecular formula is C12H12N4O2. The summed E-state index contributed by atoms with van der Waals surface area (Å²) in [6.07, 6.45) is 2.41. The summed E-state index contributed by atoms with van der Waals surface area (Å²) >= 11 is 0. The summed E-state index contributed by atoms with van der Waals surface area (Å²) < 4.78 is 0. The molecule has 0 bridgehead atoms. The smallest absolute Gasteiger partial charge is 0.270 e. The highest BCUT2D eigenvalue weighted by Crippen LogP contribution is 2.04. The summed E-state index contributed by atoms with van der Waals surface area (Å²) in [4.78, 5) is 26.7. The van der Waals surface area contributed by atoms with Gasteiger partial charge in [0, 0.05) is 25.2 Å². The lowest BCUT2D eigenvalue weighted by molar-refractivity contribution is -0.122. The van der Waals surface area contributed by atoms with Gasteiger partial charge in [0.25, 0.3) is 5.91 Å². The van der Waals surface area contributed by atoms with Gasteiger partial charge in [-0.15, -0.1) is 0 Å². The van der Waals surface area contributed by atoms with Gasteiger partial charge in [-0.25, -0.2) is 4.98 Å². The molecule has 1 atom stereocenters. The Hall–Kier alpha value is -2.42. The van der Waals surface area contributed by atoms with Crippen molar-refractivity contribution in [1.82, 2.24) is 15.6 Å². The minimum absolute atomic E-state index is 0.0111. The van der Waals surface area contributed by atoms with Gasteiger partial charge in [-0.1, -0.05) is 0 Å². The summed E-state index contributed by atoms with van der Waals surface area (Å²) in [7, 11) is 0. The zero-order chi connectivity index (χ0) is 13.0. The first-order valence-electron chi connectivity index (χ1n) is 5.63. The maximum atomic E-state index is 11.8. The number of nitrogens with zero attached hydrogens (tertiary/aromatic N) is 2. The number of hydrogen-bond donors (Lipinski definition) is 2. The number of pyridine rings is 1. The molecule has 2 heterocycles. The minimum atomic E-state index is -0.291. The first kappa shape index (κ1) is 12.0. The fourth-order valence-electron chi connectivity index (χ4n) is 1.71. The van der Waals surface area contributed by atoms with E-state index in [9.17, 15) is 9.59 Å². The summed E-state index contributed by atoms with van der Waals surface area (Å²) in [5.74, 6) is -0.280. The molecule has 0 aliphatic carbocycles.